The molecule has 25 heavy (non-hydrogen) atoms. The van der Waals surface area contributed by atoms with E-state index in [1.54, 1.807) is 36.1 Å². The molecule has 1 atom stereocenters. The van der Waals surface area contributed by atoms with E-state index in [0.717, 1.165) is 12.2 Å². The normalized spacial score (nSPS) is 14.7. The van der Waals surface area contributed by atoms with Gasteiger partial charge in [-0.1, -0.05) is 0 Å². The zero-order valence-corrected chi connectivity index (χ0v) is 15.0. The highest BCUT2D eigenvalue weighted by Gasteiger charge is 2.25. The van der Waals surface area contributed by atoms with E-state index in [9.17, 15) is 14.0 Å². The molecular formula is C18H16BrFN2O3. The van der Waals surface area contributed by atoms with Crippen LogP contribution < -0.4 is 15.0 Å². The van der Waals surface area contributed by atoms with Crippen molar-refractivity contribution in [2.24, 2.45) is 0 Å². The number of nitrogens with one attached hydrogen (secondary N) is 1. The Morgan fingerprint density at radius 3 is 2.56 bits per heavy atom. The molecule has 0 bridgehead atoms. The fourth-order valence-corrected chi connectivity index (χ4v) is 2.82. The minimum absolute atomic E-state index is 0.101. The first-order valence-corrected chi connectivity index (χ1v) is 8.56. The highest BCUT2D eigenvalue weighted by Crippen LogP contribution is 2.27. The number of ether oxygens (including phenoxy) is 1. The van der Waals surface area contributed by atoms with Gasteiger partial charge in [0.1, 0.15) is 11.6 Å². The Labute approximate surface area is 152 Å². The Bertz CT molecular complexity index is 810. The lowest BCUT2D eigenvalue weighted by Gasteiger charge is -2.30. The molecular weight excluding hydrogens is 391 g/mol. The molecule has 7 heteroatoms. The van der Waals surface area contributed by atoms with Gasteiger partial charge in [0.15, 0.2) is 6.10 Å². The first kappa shape index (κ1) is 17.4. The van der Waals surface area contributed by atoms with Crippen LogP contribution in [0.25, 0.3) is 0 Å². The summed E-state index contributed by atoms with van der Waals surface area (Å²) in [5, 5.41) is 2.75. The van der Waals surface area contributed by atoms with Crippen molar-refractivity contribution in [1.29, 1.82) is 0 Å². The van der Waals surface area contributed by atoms with Crippen LogP contribution in [-0.4, -0.2) is 24.5 Å². The number of carbonyl (C=O) groups excluding carboxylic acids is 2. The van der Waals surface area contributed by atoms with Crippen LogP contribution in [-0.2, 0) is 9.59 Å². The lowest BCUT2D eigenvalue weighted by molar-refractivity contribution is -0.122. The summed E-state index contributed by atoms with van der Waals surface area (Å²) in [6.45, 7) is 2.33. The third kappa shape index (κ3) is 3.99. The Hall–Kier alpha value is -2.41. The maximum Gasteiger partial charge on any atom is 0.265 e. The van der Waals surface area contributed by atoms with E-state index in [2.05, 4.69) is 21.2 Å². The summed E-state index contributed by atoms with van der Waals surface area (Å²) in [7, 11) is 0. The van der Waals surface area contributed by atoms with Gasteiger partial charge in [-0.25, -0.2) is 4.39 Å². The standard InChI is InChI=1S/C18H16BrFN2O3/c1-11(25-16-7-2-12(20)10-15(16)19)18(24)21-13-3-5-14(6-4-13)22-9-8-17(22)23/h2-7,10-11H,8-9H2,1H3,(H,21,24)/t11-/m1/s1. The highest BCUT2D eigenvalue weighted by molar-refractivity contribution is 9.10. The third-order valence-electron chi connectivity index (χ3n) is 3.86. The van der Waals surface area contributed by atoms with Crippen molar-refractivity contribution in [3.8, 4) is 5.75 Å². The second kappa shape index (κ2) is 7.23. The van der Waals surface area contributed by atoms with Crippen molar-refractivity contribution >= 4 is 39.1 Å². The number of hydrogen-bond donors (Lipinski definition) is 1. The van der Waals surface area contributed by atoms with Gasteiger partial charge in [-0.2, -0.15) is 0 Å². The maximum atomic E-state index is 13.1. The first-order chi connectivity index (χ1) is 11.9. The topological polar surface area (TPSA) is 58.6 Å². The molecule has 1 aliphatic heterocycles. The van der Waals surface area contributed by atoms with E-state index in [1.807, 2.05) is 0 Å². The summed E-state index contributed by atoms with van der Waals surface area (Å²) in [5.41, 5.74) is 1.42. The van der Waals surface area contributed by atoms with Crippen molar-refractivity contribution in [2.75, 3.05) is 16.8 Å². The number of halogens is 2. The average Bonchev–Trinajstić information content (AvgIpc) is 2.57. The van der Waals surface area contributed by atoms with E-state index in [1.165, 1.54) is 18.2 Å². The minimum atomic E-state index is -0.765. The molecule has 0 spiro atoms. The van der Waals surface area contributed by atoms with Crippen LogP contribution >= 0.6 is 15.9 Å². The van der Waals surface area contributed by atoms with Gasteiger partial charge in [-0.05, 0) is 65.3 Å². The Balaban J connectivity index is 1.60. The number of benzene rings is 2. The van der Waals surface area contributed by atoms with Crippen LogP contribution in [0.1, 0.15) is 13.3 Å². The van der Waals surface area contributed by atoms with Crippen LogP contribution in [0.15, 0.2) is 46.9 Å². The van der Waals surface area contributed by atoms with Crippen molar-refractivity contribution in [3.63, 3.8) is 0 Å². The molecule has 2 aromatic rings. The summed E-state index contributed by atoms with van der Waals surface area (Å²) in [6.07, 6.45) is -0.190. The van der Waals surface area contributed by atoms with Gasteiger partial charge in [0, 0.05) is 24.3 Å². The quantitative estimate of drug-likeness (QED) is 0.769. The molecule has 1 fully saturated rings. The second-order valence-electron chi connectivity index (χ2n) is 5.67. The molecule has 0 aromatic heterocycles. The lowest BCUT2D eigenvalue weighted by Crippen LogP contribution is -2.43. The zero-order valence-electron chi connectivity index (χ0n) is 13.5. The van der Waals surface area contributed by atoms with Gasteiger partial charge < -0.3 is 15.0 Å². The molecule has 3 rings (SSSR count). The molecule has 0 aliphatic carbocycles. The maximum absolute atomic E-state index is 13.1. The van der Waals surface area contributed by atoms with Gasteiger partial charge in [0.25, 0.3) is 5.91 Å². The predicted molar refractivity (Wildman–Crippen MR) is 96.2 cm³/mol. The van der Waals surface area contributed by atoms with Gasteiger partial charge >= 0.3 is 0 Å². The molecule has 1 N–H and O–H groups in total. The third-order valence-corrected chi connectivity index (χ3v) is 4.48. The Kier molecular flexibility index (Phi) is 5.03. The van der Waals surface area contributed by atoms with E-state index in [0.29, 0.717) is 22.3 Å². The number of amides is 2. The monoisotopic (exact) mass is 406 g/mol. The average molecular weight is 407 g/mol. The smallest absolute Gasteiger partial charge is 0.265 e. The van der Waals surface area contributed by atoms with Crippen LogP contribution in [0.3, 0.4) is 0 Å². The van der Waals surface area contributed by atoms with E-state index in [-0.39, 0.29) is 11.8 Å². The summed E-state index contributed by atoms with van der Waals surface area (Å²) < 4.78 is 19.1. The molecule has 0 saturated carbocycles. The molecule has 130 valence electrons. The van der Waals surface area contributed by atoms with Gasteiger partial charge in [-0.15, -0.1) is 0 Å². The summed E-state index contributed by atoms with van der Waals surface area (Å²) in [6, 6.07) is 11.0. The molecule has 0 unspecified atom stereocenters. The van der Waals surface area contributed by atoms with Crippen molar-refractivity contribution < 1.29 is 18.7 Å². The lowest BCUT2D eigenvalue weighted by atomic mass is 10.1. The van der Waals surface area contributed by atoms with Gasteiger partial charge in [0.05, 0.1) is 4.47 Å². The minimum Gasteiger partial charge on any atom is -0.480 e. The van der Waals surface area contributed by atoms with Crippen molar-refractivity contribution in [1.82, 2.24) is 0 Å². The molecule has 1 saturated heterocycles. The molecule has 1 aliphatic rings. The zero-order chi connectivity index (χ0) is 18.0. The fourth-order valence-electron chi connectivity index (χ4n) is 2.37. The second-order valence-corrected chi connectivity index (χ2v) is 6.52. The number of hydrogen-bond acceptors (Lipinski definition) is 3. The molecule has 2 aromatic carbocycles. The molecule has 0 radical (unpaired) electrons. The largest absolute Gasteiger partial charge is 0.480 e. The SMILES string of the molecule is C[C@@H](Oc1ccc(F)cc1Br)C(=O)Nc1ccc(N2CCC2=O)cc1. The number of anilines is 2. The van der Waals surface area contributed by atoms with Gasteiger partial charge in [0.2, 0.25) is 5.91 Å². The summed E-state index contributed by atoms with van der Waals surface area (Å²) in [5.74, 6) is -0.236. The number of carbonyl (C=O) groups is 2. The van der Waals surface area contributed by atoms with E-state index >= 15 is 0 Å². The molecule has 5 nitrogen and oxygen atoms in total. The number of rotatable bonds is 5. The Morgan fingerprint density at radius 1 is 1.28 bits per heavy atom. The van der Waals surface area contributed by atoms with Crippen molar-refractivity contribution in [3.05, 3.63) is 52.8 Å². The fraction of sp³-hybridized carbons (Fsp3) is 0.222. The van der Waals surface area contributed by atoms with E-state index < -0.39 is 11.9 Å². The predicted octanol–water partition coefficient (Wildman–Crippen LogP) is 3.73. The van der Waals surface area contributed by atoms with Crippen molar-refractivity contribution in [2.45, 2.75) is 19.4 Å². The molecule has 2 amide bonds. The van der Waals surface area contributed by atoms with Gasteiger partial charge in [-0.3, -0.25) is 9.59 Å². The summed E-state index contributed by atoms with van der Waals surface area (Å²) >= 11 is 3.20. The molecule has 1 heterocycles. The number of nitrogens with zero attached hydrogens (tertiary/aromatic N) is 1. The van der Waals surface area contributed by atoms with Crippen LogP contribution in [0.2, 0.25) is 0 Å². The van der Waals surface area contributed by atoms with E-state index in [4.69, 9.17) is 4.74 Å². The first-order valence-electron chi connectivity index (χ1n) is 7.77. The van der Waals surface area contributed by atoms with Crippen LogP contribution in [0.4, 0.5) is 15.8 Å². The van der Waals surface area contributed by atoms with Crippen LogP contribution in [0, 0.1) is 5.82 Å². The highest BCUT2D eigenvalue weighted by atomic mass is 79.9. The van der Waals surface area contributed by atoms with Crippen LogP contribution in [0.5, 0.6) is 5.75 Å². The summed E-state index contributed by atoms with van der Waals surface area (Å²) in [4.78, 5) is 25.3. The number of β-lactam (4-membered cyclic amide) rings is 1. The Morgan fingerprint density at radius 2 is 2.00 bits per heavy atom.